The third-order valence-corrected chi connectivity index (χ3v) is 3.02. The van der Waals surface area contributed by atoms with Crippen LogP contribution in [0.2, 0.25) is 0 Å². The van der Waals surface area contributed by atoms with Gasteiger partial charge in [-0.1, -0.05) is 37.3 Å². The third-order valence-electron chi connectivity index (χ3n) is 3.02. The first-order chi connectivity index (χ1) is 9.25. The van der Waals surface area contributed by atoms with Crippen molar-refractivity contribution in [2.75, 3.05) is 0 Å². The fraction of sp³-hybridized carbons (Fsp3) is 0.333. The zero-order valence-electron chi connectivity index (χ0n) is 11.0. The molecule has 1 atom stereocenters. The van der Waals surface area contributed by atoms with E-state index < -0.39 is 0 Å². The molecule has 0 spiro atoms. The van der Waals surface area contributed by atoms with Crippen LogP contribution in [0.4, 0.5) is 0 Å². The summed E-state index contributed by atoms with van der Waals surface area (Å²) in [4.78, 5) is 11.8. The molecule has 1 aromatic heterocycles. The van der Waals surface area contributed by atoms with Crippen LogP contribution in [0.15, 0.2) is 42.6 Å². The number of nitrogens with one attached hydrogen (secondary N) is 1. The molecule has 19 heavy (non-hydrogen) atoms. The van der Waals surface area contributed by atoms with E-state index in [9.17, 15) is 4.79 Å². The van der Waals surface area contributed by atoms with Crippen LogP contribution in [0.3, 0.4) is 0 Å². The first-order valence-electron chi connectivity index (χ1n) is 6.45. The summed E-state index contributed by atoms with van der Waals surface area (Å²) in [5.74, 6) is -0.264. The van der Waals surface area contributed by atoms with Crippen LogP contribution in [-0.2, 0) is 22.6 Å². The number of hydrogen-bond donors (Lipinski definition) is 1. The number of aromatic amines is 1. The number of ether oxygens (including phenoxy) is 1. The lowest BCUT2D eigenvalue weighted by molar-refractivity contribution is -0.149. The Morgan fingerprint density at radius 2 is 2.11 bits per heavy atom. The molecule has 0 aliphatic heterocycles. The van der Waals surface area contributed by atoms with Gasteiger partial charge in [-0.15, -0.1) is 0 Å². The molecule has 1 heterocycles. The average molecular weight is 258 g/mol. The van der Waals surface area contributed by atoms with Crippen molar-refractivity contribution in [1.82, 2.24) is 10.2 Å². The molecule has 0 bridgehead atoms. The molecular formula is C15H18N2O2. The van der Waals surface area contributed by atoms with Crippen molar-refractivity contribution in [3.05, 3.63) is 53.9 Å². The molecule has 100 valence electrons. The van der Waals surface area contributed by atoms with Crippen molar-refractivity contribution < 1.29 is 9.53 Å². The molecule has 0 aliphatic rings. The van der Waals surface area contributed by atoms with E-state index in [4.69, 9.17) is 4.74 Å². The number of benzene rings is 1. The van der Waals surface area contributed by atoms with Gasteiger partial charge in [0, 0.05) is 6.20 Å². The van der Waals surface area contributed by atoms with Gasteiger partial charge in [0.25, 0.3) is 0 Å². The van der Waals surface area contributed by atoms with Crippen molar-refractivity contribution in [2.45, 2.75) is 26.4 Å². The molecule has 0 saturated carbocycles. The Morgan fingerprint density at radius 3 is 2.79 bits per heavy atom. The van der Waals surface area contributed by atoms with Crippen molar-refractivity contribution in [1.29, 1.82) is 0 Å². The minimum absolute atomic E-state index is 0.111. The van der Waals surface area contributed by atoms with Gasteiger partial charge in [0.05, 0.1) is 11.6 Å². The molecule has 2 rings (SSSR count). The van der Waals surface area contributed by atoms with Gasteiger partial charge in [0.2, 0.25) is 0 Å². The molecule has 0 saturated heterocycles. The van der Waals surface area contributed by atoms with E-state index in [0.717, 1.165) is 24.1 Å². The Bertz CT molecular complexity index is 494. The molecular weight excluding hydrogens is 240 g/mol. The molecule has 1 N–H and O–H groups in total. The fourth-order valence-corrected chi connectivity index (χ4v) is 1.78. The predicted molar refractivity (Wildman–Crippen MR) is 72.3 cm³/mol. The minimum atomic E-state index is -0.153. The molecule has 0 fully saturated rings. The van der Waals surface area contributed by atoms with Crippen LogP contribution < -0.4 is 0 Å². The van der Waals surface area contributed by atoms with Crippen LogP contribution in [0.25, 0.3) is 0 Å². The summed E-state index contributed by atoms with van der Waals surface area (Å²) in [5.41, 5.74) is 1.98. The summed E-state index contributed by atoms with van der Waals surface area (Å²) in [6.07, 6.45) is 3.32. The van der Waals surface area contributed by atoms with Crippen LogP contribution in [0.1, 0.15) is 24.6 Å². The van der Waals surface area contributed by atoms with E-state index >= 15 is 0 Å². The number of carbonyl (C=O) groups excluding carboxylic acids is 1. The third kappa shape index (κ3) is 4.25. The fourth-order valence-electron chi connectivity index (χ4n) is 1.78. The lowest BCUT2D eigenvalue weighted by Gasteiger charge is -2.10. The quantitative estimate of drug-likeness (QED) is 0.810. The smallest absolute Gasteiger partial charge is 0.308 e. The maximum Gasteiger partial charge on any atom is 0.308 e. The zero-order chi connectivity index (χ0) is 13.5. The molecule has 1 unspecified atom stereocenters. The molecule has 0 aliphatic carbocycles. The predicted octanol–water partition coefficient (Wildman–Crippen LogP) is 2.72. The molecule has 0 amide bonds. The van der Waals surface area contributed by atoms with Gasteiger partial charge < -0.3 is 4.74 Å². The van der Waals surface area contributed by atoms with Gasteiger partial charge in [-0.25, -0.2) is 0 Å². The Labute approximate surface area is 112 Å². The minimum Gasteiger partial charge on any atom is -0.461 e. The van der Waals surface area contributed by atoms with E-state index in [2.05, 4.69) is 10.2 Å². The summed E-state index contributed by atoms with van der Waals surface area (Å²) in [7, 11) is 0. The zero-order valence-corrected chi connectivity index (χ0v) is 11.0. The van der Waals surface area contributed by atoms with Crippen LogP contribution >= 0.6 is 0 Å². The van der Waals surface area contributed by atoms with Gasteiger partial charge in [-0.3, -0.25) is 9.89 Å². The highest BCUT2D eigenvalue weighted by atomic mass is 16.5. The first kappa shape index (κ1) is 13.3. The molecule has 1 aromatic carbocycles. The Morgan fingerprint density at radius 1 is 1.32 bits per heavy atom. The van der Waals surface area contributed by atoms with E-state index in [1.165, 1.54) is 0 Å². The Balaban J connectivity index is 1.73. The van der Waals surface area contributed by atoms with Crippen LogP contribution in [-0.4, -0.2) is 16.2 Å². The molecule has 4 nitrogen and oxygen atoms in total. The van der Waals surface area contributed by atoms with Crippen molar-refractivity contribution in [3.8, 4) is 0 Å². The van der Waals surface area contributed by atoms with Crippen molar-refractivity contribution in [3.63, 3.8) is 0 Å². The number of esters is 1. The summed E-state index contributed by atoms with van der Waals surface area (Å²) in [5, 5.41) is 6.83. The summed E-state index contributed by atoms with van der Waals surface area (Å²) >= 11 is 0. The van der Waals surface area contributed by atoms with Crippen molar-refractivity contribution >= 4 is 5.97 Å². The summed E-state index contributed by atoms with van der Waals surface area (Å²) in [6, 6.07) is 11.6. The SMILES string of the molecule is CC(CCc1cc[nH]n1)C(=O)OCc1ccccc1. The number of aromatic nitrogens is 2. The topological polar surface area (TPSA) is 55.0 Å². The highest BCUT2D eigenvalue weighted by Gasteiger charge is 2.14. The van der Waals surface area contributed by atoms with Crippen LogP contribution in [0, 0.1) is 5.92 Å². The maximum atomic E-state index is 11.8. The highest BCUT2D eigenvalue weighted by Crippen LogP contribution is 2.11. The number of H-pyrrole nitrogens is 1. The highest BCUT2D eigenvalue weighted by molar-refractivity contribution is 5.71. The Kier molecular flexibility index (Phi) is 4.72. The number of aryl methyl sites for hydroxylation is 1. The van der Waals surface area contributed by atoms with Gasteiger partial charge in [-0.2, -0.15) is 5.10 Å². The lowest BCUT2D eigenvalue weighted by atomic mass is 10.0. The number of rotatable bonds is 6. The summed E-state index contributed by atoms with van der Waals surface area (Å²) in [6.45, 7) is 2.23. The van der Waals surface area contributed by atoms with Gasteiger partial charge in [0.1, 0.15) is 6.61 Å². The summed E-state index contributed by atoms with van der Waals surface area (Å²) < 4.78 is 5.29. The second kappa shape index (κ2) is 6.73. The largest absolute Gasteiger partial charge is 0.461 e. The van der Waals surface area contributed by atoms with E-state index in [1.807, 2.05) is 43.3 Å². The van der Waals surface area contributed by atoms with Gasteiger partial charge >= 0.3 is 5.97 Å². The number of hydrogen-bond acceptors (Lipinski definition) is 3. The van der Waals surface area contributed by atoms with Gasteiger partial charge in [0.15, 0.2) is 0 Å². The number of carbonyl (C=O) groups is 1. The second-order valence-electron chi connectivity index (χ2n) is 4.60. The maximum absolute atomic E-state index is 11.8. The average Bonchev–Trinajstić information content (AvgIpc) is 2.96. The van der Waals surface area contributed by atoms with Gasteiger partial charge in [-0.05, 0) is 24.5 Å². The van der Waals surface area contributed by atoms with E-state index in [0.29, 0.717) is 6.61 Å². The van der Waals surface area contributed by atoms with Crippen molar-refractivity contribution in [2.24, 2.45) is 5.92 Å². The number of nitrogens with zero attached hydrogens (tertiary/aromatic N) is 1. The monoisotopic (exact) mass is 258 g/mol. The Hall–Kier alpha value is -2.10. The molecule has 2 aromatic rings. The lowest BCUT2D eigenvalue weighted by Crippen LogP contribution is -2.15. The normalized spacial score (nSPS) is 12.1. The molecule has 4 heteroatoms. The molecule has 0 radical (unpaired) electrons. The van der Waals surface area contributed by atoms with E-state index in [1.54, 1.807) is 6.20 Å². The van der Waals surface area contributed by atoms with E-state index in [-0.39, 0.29) is 11.9 Å². The second-order valence-corrected chi connectivity index (χ2v) is 4.60. The van der Waals surface area contributed by atoms with Crippen LogP contribution in [0.5, 0.6) is 0 Å². The first-order valence-corrected chi connectivity index (χ1v) is 6.45. The standard InChI is InChI=1S/C15H18N2O2/c1-12(7-8-14-9-10-16-17-14)15(18)19-11-13-5-3-2-4-6-13/h2-6,9-10,12H,7-8,11H2,1H3,(H,16,17).